The number of benzene rings is 1. The maximum atomic E-state index is 12.6. The smallest absolute Gasteiger partial charge is 0.166 e. The Morgan fingerprint density at radius 3 is 1.55 bits per heavy atom. The zero-order valence-corrected chi connectivity index (χ0v) is 11.8. The Kier molecular flexibility index (Phi) is 4.84. The van der Waals surface area contributed by atoms with Crippen LogP contribution in [0.5, 0.6) is 0 Å². The van der Waals surface area contributed by atoms with E-state index in [9.17, 15) is 39.5 Å². The van der Waals surface area contributed by atoms with Crippen molar-refractivity contribution in [3.05, 3.63) is 26.8 Å². The van der Waals surface area contributed by atoms with Gasteiger partial charge >= 0.3 is 17.9 Å². The molecule has 0 saturated heterocycles. The summed E-state index contributed by atoms with van der Waals surface area (Å²) in [7, 11) is 0. The molecule has 0 aromatic heterocycles. The fourth-order valence-corrected chi connectivity index (χ4v) is 2.68. The lowest BCUT2D eigenvalue weighted by atomic mass is 10.1. The SMILES string of the molecule is FC(F)(F)Sc1cc(C(F)(F)F)c(I)cc1C(F)(F)F. The third-order valence-corrected chi connectivity index (χ3v) is 3.59. The molecule has 0 heterocycles. The molecular weight excluding hydrogens is 438 g/mol. The van der Waals surface area contributed by atoms with E-state index in [1.807, 2.05) is 0 Å². The lowest BCUT2D eigenvalue weighted by Gasteiger charge is -2.17. The van der Waals surface area contributed by atoms with Crippen LogP contribution in [-0.2, 0) is 12.4 Å². The van der Waals surface area contributed by atoms with Gasteiger partial charge in [-0.15, -0.1) is 0 Å². The Hall–Kier alpha value is -0.330. The van der Waals surface area contributed by atoms with E-state index < -0.39 is 49.2 Å². The number of halogens is 10. The quantitative estimate of drug-likeness (QED) is 0.296. The second-order valence-electron chi connectivity index (χ2n) is 3.37. The highest BCUT2D eigenvalue weighted by molar-refractivity contribution is 14.1. The molecule has 0 aliphatic carbocycles. The van der Waals surface area contributed by atoms with E-state index in [1.54, 1.807) is 0 Å². The van der Waals surface area contributed by atoms with Gasteiger partial charge in [0.15, 0.2) is 0 Å². The molecule has 0 atom stereocenters. The molecule has 0 aliphatic heterocycles. The number of hydrogen-bond donors (Lipinski definition) is 0. The largest absolute Gasteiger partial charge is 0.446 e. The fourth-order valence-electron chi connectivity index (χ4n) is 1.20. The van der Waals surface area contributed by atoms with Gasteiger partial charge in [0.1, 0.15) is 0 Å². The Bertz CT molecular complexity index is 500. The van der Waals surface area contributed by atoms with Crippen LogP contribution in [0.1, 0.15) is 11.1 Å². The lowest BCUT2D eigenvalue weighted by molar-refractivity contribution is -0.143. The van der Waals surface area contributed by atoms with Crippen LogP contribution in [0.3, 0.4) is 0 Å². The summed E-state index contributed by atoms with van der Waals surface area (Å²) in [5.41, 5.74) is -8.43. The van der Waals surface area contributed by atoms with E-state index in [1.165, 1.54) is 0 Å². The van der Waals surface area contributed by atoms with Crippen LogP contribution < -0.4 is 0 Å². The Balaban J connectivity index is 3.51. The monoisotopic (exact) mass is 440 g/mol. The van der Waals surface area contributed by atoms with Crippen LogP contribution in [0.25, 0.3) is 0 Å². The summed E-state index contributed by atoms with van der Waals surface area (Å²) in [5, 5.41) is 0. The minimum Gasteiger partial charge on any atom is -0.166 e. The van der Waals surface area contributed by atoms with Gasteiger partial charge in [-0.2, -0.15) is 39.5 Å². The highest BCUT2D eigenvalue weighted by Gasteiger charge is 2.42. The summed E-state index contributed by atoms with van der Waals surface area (Å²) in [6, 6.07) is -0.0831. The van der Waals surface area contributed by atoms with E-state index in [-0.39, 0.29) is 12.1 Å². The first kappa shape index (κ1) is 17.7. The summed E-state index contributed by atoms with van der Waals surface area (Å²) in [6.07, 6.45) is -10.2. The molecule has 1 aromatic carbocycles. The maximum absolute atomic E-state index is 12.6. The predicted octanol–water partition coefficient (Wildman–Crippen LogP) is 5.94. The number of rotatable bonds is 1. The molecule has 0 aliphatic rings. The van der Waals surface area contributed by atoms with Crippen molar-refractivity contribution >= 4 is 34.4 Å². The molecule has 0 radical (unpaired) electrons. The van der Waals surface area contributed by atoms with Crippen LogP contribution in [0, 0.1) is 3.57 Å². The van der Waals surface area contributed by atoms with Gasteiger partial charge < -0.3 is 0 Å². The van der Waals surface area contributed by atoms with Crippen LogP contribution in [0.2, 0.25) is 0 Å². The molecule has 0 nitrogen and oxygen atoms in total. The second-order valence-corrected chi connectivity index (χ2v) is 5.64. The zero-order chi connectivity index (χ0) is 15.9. The topological polar surface area (TPSA) is 0 Å². The Morgan fingerprint density at radius 1 is 0.750 bits per heavy atom. The van der Waals surface area contributed by atoms with Gasteiger partial charge in [-0.05, 0) is 46.5 Å². The second kappa shape index (κ2) is 5.46. The summed E-state index contributed by atoms with van der Waals surface area (Å²) < 4.78 is 111. The van der Waals surface area contributed by atoms with Crippen LogP contribution in [0.15, 0.2) is 17.0 Å². The first-order valence-corrected chi connectivity index (χ1v) is 6.35. The average molecular weight is 440 g/mol. The van der Waals surface area contributed by atoms with Gasteiger partial charge in [0.05, 0.1) is 11.1 Å². The van der Waals surface area contributed by atoms with Crippen LogP contribution in [-0.4, -0.2) is 5.51 Å². The number of alkyl halides is 9. The first-order chi connectivity index (χ1) is 8.72. The van der Waals surface area contributed by atoms with Gasteiger partial charge in [-0.3, -0.25) is 0 Å². The van der Waals surface area contributed by atoms with Crippen molar-refractivity contribution in [3.63, 3.8) is 0 Å². The standard InChI is InChI=1S/C9H2F9IS/c10-7(11,12)3-2-6(20-9(16,17)18)4(1-5(3)19)8(13,14)15/h1-2H. The van der Waals surface area contributed by atoms with Gasteiger partial charge in [0, 0.05) is 8.47 Å². The predicted molar refractivity (Wildman–Crippen MR) is 61.1 cm³/mol. The van der Waals surface area contributed by atoms with Crippen LogP contribution in [0.4, 0.5) is 39.5 Å². The summed E-state index contributed by atoms with van der Waals surface area (Å²) in [6.45, 7) is 0. The van der Waals surface area contributed by atoms with E-state index in [4.69, 9.17) is 0 Å². The van der Waals surface area contributed by atoms with Gasteiger partial charge in [0.2, 0.25) is 0 Å². The summed E-state index contributed by atoms with van der Waals surface area (Å²) >= 11 is -0.235. The molecule has 0 saturated carbocycles. The van der Waals surface area contributed by atoms with E-state index in [0.717, 1.165) is 22.6 Å². The molecule has 0 bridgehead atoms. The van der Waals surface area contributed by atoms with Crippen molar-refractivity contribution in [1.82, 2.24) is 0 Å². The fraction of sp³-hybridized carbons (Fsp3) is 0.333. The Labute approximate surface area is 123 Å². The molecule has 0 N–H and O–H groups in total. The van der Waals surface area contributed by atoms with Crippen molar-refractivity contribution in [1.29, 1.82) is 0 Å². The normalized spacial score (nSPS) is 13.7. The molecule has 0 amide bonds. The molecule has 0 fully saturated rings. The van der Waals surface area contributed by atoms with Crippen molar-refractivity contribution in [2.75, 3.05) is 0 Å². The lowest BCUT2D eigenvalue weighted by Crippen LogP contribution is -2.14. The van der Waals surface area contributed by atoms with Crippen molar-refractivity contribution in [2.45, 2.75) is 22.8 Å². The third-order valence-electron chi connectivity index (χ3n) is 1.91. The Morgan fingerprint density at radius 2 is 1.20 bits per heavy atom. The highest BCUT2D eigenvalue weighted by atomic mass is 127. The number of hydrogen-bond acceptors (Lipinski definition) is 1. The maximum Gasteiger partial charge on any atom is 0.446 e. The van der Waals surface area contributed by atoms with E-state index in [0.29, 0.717) is 0 Å². The zero-order valence-electron chi connectivity index (χ0n) is 8.84. The highest BCUT2D eigenvalue weighted by Crippen LogP contribution is 2.46. The third kappa shape index (κ3) is 4.60. The average Bonchev–Trinajstić information content (AvgIpc) is 2.14. The molecule has 0 spiro atoms. The minimum absolute atomic E-state index is 0.0530. The summed E-state index contributed by atoms with van der Waals surface area (Å²) in [5.74, 6) is 0. The van der Waals surface area contributed by atoms with Crippen molar-refractivity contribution in [2.24, 2.45) is 0 Å². The molecular formula is C9H2F9IS. The van der Waals surface area contributed by atoms with Gasteiger partial charge in [0.25, 0.3) is 0 Å². The van der Waals surface area contributed by atoms with Crippen molar-refractivity contribution in [3.8, 4) is 0 Å². The van der Waals surface area contributed by atoms with E-state index in [2.05, 4.69) is 0 Å². The van der Waals surface area contributed by atoms with Crippen molar-refractivity contribution < 1.29 is 39.5 Å². The van der Waals surface area contributed by atoms with Crippen LogP contribution >= 0.6 is 34.4 Å². The molecule has 1 aromatic rings. The van der Waals surface area contributed by atoms with E-state index >= 15 is 0 Å². The minimum atomic E-state index is -5.18. The molecule has 11 heteroatoms. The molecule has 0 unspecified atom stereocenters. The molecule has 1 rings (SSSR count). The summed E-state index contributed by atoms with van der Waals surface area (Å²) in [4.78, 5) is -1.53. The first-order valence-electron chi connectivity index (χ1n) is 4.45. The molecule has 20 heavy (non-hydrogen) atoms. The van der Waals surface area contributed by atoms with Gasteiger partial charge in [-0.1, -0.05) is 0 Å². The van der Waals surface area contributed by atoms with Gasteiger partial charge in [-0.25, -0.2) is 0 Å². The number of thioether (sulfide) groups is 1. The molecule has 114 valence electrons.